The Kier molecular flexibility index (Phi) is 8.16. The number of carbonyl (C=O) groups is 1. The molecular weight excluding hydrogens is 400 g/mol. The average molecular weight is 425 g/mol. The summed E-state index contributed by atoms with van der Waals surface area (Å²) in [5.41, 5.74) is 4.70. The van der Waals surface area contributed by atoms with E-state index in [0.717, 1.165) is 22.5 Å². The monoisotopic (exact) mass is 424 g/mol. The number of aromatic nitrogens is 2. The molecule has 3 aromatic rings. The molecule has 2 N–H and O–H groups in total. The van der Waals surface area contributed by atoms with Crippen LogP contribution in [0.4, 0.5) is 0 Å². The molecule has 0 bridgehead atoms. The van der Waals surface area contributed by atoms with E-state index in [0.29, 0.717) is 35.5 Å². The standard InChI is InChI=1S/C22H21ClN4O2.CH4/c1-15-19(14-27(26-15)20-7-6-18(13-24)21(23)12-20)11-16-4-2-5-17(10-16)22(29)25-8-3-9-28;/h2,4-7,10,12,14,28H,3,8-9,11H2,1H3,(H,25,29);1H4. The Labute approximate surface area is 181 Å². The molecule has 6 nitrogen and oxygen atoms in total. The lowest BCUT2D eigenvalue weighted by Crippen LogP contribution is -2.25. The molecule has 7 heteroatoms. The van der Waals surface area contributed by atoms with Crippen LogP contribution in [-0.2, 0) is 6.42 Å². The van der Waals surface area contributed by atoms with Gasteiger partial charge in [0.1, 0.15) is 6.07 Å². The molecule has 1 heterocycles. The first kappa shape index (κ1) is 23.1. The van der Waals surface area contributed by atoms with Crippen molar-refractivity contribution in [1.29, 1.82) is 5.26 Å². The number of hydrogen-bond donors (Lipinski definition) is 2. The highest BCUT2D eigenvalue weighted by Gasteiger charge is 2.11. The highest BCUT2D eigenvalue weighted by molar-refractivity contribution is 6.31. The van der Waals surface area contributed by atoms with Crippen molar-refractivity contribution in [1.82, 2.24) is 15.1 Å². The highest BCUT2D eigenvalue weighted by atomic mass is 35.5. The number of nitriles is 1. The minimum Gasteiger partial charge on any atom is -0.396 e. The van der Waals surface area contributed by atoms with E-state index in [9.17, 15) is 4.79 Å². The summed E-state index contributed by atoms with van der Waals surface area (Å²) in [5.74, 6) is -0.153. The number of nitrogens with zero attached hydrogens (tertiary/aromatic N) is 3. The van der Waals surface area contributed by atoms with Gasteiger partial charge < -0.3 is 10.4 Å². The third-order valence-corrected chi connectivity index (χ3v) is 4.86. The fraction of sp³-hybridized carbons (Fsp3) is 0.261. The molecule has 0 unspecified atom stereocenters. The molecule has 0 radical (unpaired) electrons. The number of amides is 1. The number of rotatable bonds is 7. The van der Waals surface area contributed by atoms with Gasteiger partial charge in [0.25, 0.3) is 5.91 Å². The van der Waals surface area contributed by atoms with Gasteiger partial charge >= 0.3 is 0 Å². The van der Waals surface area contributed by atoms with E-state index >= 15 is 0 Å². The molecule has 0 aliphatic carbocycles. The van der Waals surface area contributed by atoms with E-state index in [1.807, 2.05) is 37.4 Å². The second-order valence-corrected chi connectivity index (χ2v) is 7.08. The summed E-state index contributed by atoms with van der Waals surface area (Å²) in [6, 6.07) is 14.7. The first-order valence-electron chi connectivity index (χ1n) is 9.25. The molecule has 0 aliphatic rings. The summed E-state index contributed by atoms with van der Waals surface area (Å²) >= 11 is 6.13. The van der Waals surface area contributed by atoms with Crippen molar-refractivity contribution in [2.75, 3.05) is 13.2 Å². The summed E-state index contributed by atoms with van der Waals surface area (Å²) in [4.78, 5) is 12.2. The zero-order valence-electron chi connectivity index (χ0n) is 16.0. The predicted molar refractivity (Wildman–Crippen MR) is 118 cm³/mol. The Hall–Kier alpha value is -3.14. The zero-order valence-corrected chi connectivity index (χ0v) is 16.8. The van der Waals surface area contributed by atoms with Crippen LogP contribution >= 0.6 is 11.6 Å². The van der Waals surface area contributed by atoms with Crippen molar-refractivity contribution in [3.63, 3.8) is 0 Å². The zero-order chi connectivity index (χ0) is 20.8. The van der Waals surface area contributed by atoms with Crippen LogP contribution in [0.1, 0.15) is 46.6 Å². The van der Waals surface area contributed by atoms with Gasteiger partial charge in [0.2, 0.25) is 0 Å². The van der Waals surface area contributed by atoms with Crippen molar-refractivity contribution >= 4 is 17.5 Å². The molecule has 1 aromatic heterocycles. The first-order chi connectivity index (χ1) is 14.0. The van der Waals surface area contributed by atoms with Gasteiger partial charge in [-0.25, -0.2) is 4.68 Å². The third kappa shape index (κ3) is 5.47. The van der Waals surface area contributed by atoms with Crippen molar-refractivity contribution in [3.05, 3.63) is 81.6 Å². The van der Waals surface area contributed by atoms with Gasteiger partial charge in [0, 0.05) is 31.3 Å². The SMILES string of the molecule is C.Cc1nn(-c2ccc(C#N)c(Cl)c2)cc1Cc1cccc(C(=O)NCCCO)c1. The molecule has 0 spiro atoms. The molecular formula is C23H25ClN4O2. The Balaban J connectivity index is 0.00000320. The molecule has 0 aliphatic heterocycles. The molecule has 3 rings (SSSR count). The van der Waals surface area contributed by atoms with E-state index < -0.39 is 0 Å². The summed E-state index contributed by atoms with van der Waals surface area (Å²) in [6.45, 7) is 2.43. The van der Waals surface area contributed by atoms with E-state index in [-0.39, 0.29) is 19.9 Å². The maximum Gasteiger partial charge on any atom is 0.251 e. The van der Waals surface area contributed by atoms with Crippen LogP contribution in [0.25, 0.3) is 5.69 Å². The van der Waals surface area contributed by atoms with Gasteiger partial charge in [-0.3, -0.25) is 4.79 Å². The number of carbonyl (C=O) groups excluding carboxylic acids is 1. The van der Waals surface area contributed by atoms with Crippen molar-refractivity contribution < 1.29 is 9.90 Å². The lowest BCUT2D eigenvalue weighted by molar-refractivity contribution is 0.0951. The topological polar surface area (TPSA) is 90.9 Å². The van der Waals surface area contributed by atoms with Crippen molar-refractivity contribution in [2.45, 2.75) is 27.2 Å². The minimum absolute atomic E-state index is 0. The van der Waals surface area contributed by atoms with Gasteiger partial charge in [-0.1, -0.05) is 31.2 Å². The first-order valence-corrected chi connectivity index (χ1v) is 9.63. The average Bonchev–Trinajstić information content (AvgIpc) is 3.08. The molecule has 0 saturated carbocycles. The smallest absolute Gasteiger partial charge is 0.251 e. The number of halogens is 1. The van der Waals surface area contributed by atoms with Crippen LogP contribution in [0.2, 0.25) is 5.02 Å². The Morgan fingerprint density at radius 2 is 2.10 bits per heavy atom. The second kappa shape index (κ2) is 10.6. The summed E-state index contributed by atoms with van der Waals surface area (Å²) < 4.78 is 1.74. The van der Waals surface area contributed by atoms with Gasteiger partial charge in [-0.05, 0) is 54.8 Å². The quantitative estimate of drug-likeness (QED) is 0.560. The fourth-order valence-electron chi connectivity index (χ4n) is 2.96. The largest absolute Gasteiger partial charge is 0.396 e. The summed E-state index contributed by atoms with van der Waals surface area (Å²) in [5, 5.41) is 25.6. The highest BCUT2D eigenvalue weighted by Crippen LogP contribution is 2.21. The number of aryl methyl sites for hydroxylation is 1. The molecule has 0 saturated heterocycles. The lowest BCUT2D eigenvalue weighted by Gasteiger charge is -2.06. The Morgan fingerprint density at radius 1 is 1.30 bits per heavy atom. The van der Waals surface area contributed by atoms with Crippen molar-refractivity contribution in [3.8, 4) is 11.8 Å². The van der Waals surface area contributed by atoms with Crippen LogP contribution in [0.5, 0.6) is 0 Å². The van der Waals surface area contributed by atoms with Gasteiger partial charge in [0.05, 0.1) is 22.0 Å². The van der Waals surface area contributed by atoms with E-state index in [1.165, 1.54) is 0 Å². The van der Waals surface area contributed by atoms with Crippen LogP contribution in [0.3, 0.4) is 0 Å². The summed E-state index contributed by atoms with van der Waals surface area (Å²) in [6.07, 6.45) is 3.10. The number of benzene rings is 2. The molecule has 30 heavy (non-hydrogen) atoms. The van der Waals surface area contributed by atoms with Crippen LogP contribution in [0, 0.1) is 18.3 Å². The van der Waals surface area contributed by atoms with Crippen LogP contribution < -0.4 is 5.32 Å². The van der Waals surface area contributed by atoms with E-state index in [4.69, 9.17) is 22.0 Å². The van der Waals surface area contributed by atoms with Gasteiger partial charge in [-0.15, -0.1) is 0 Å². The second-order valence-electron chi connectivity index (χ2n) is 6.67. The maximum absolute atomic E-state index is 12.2. The van der Waals surface area contributed by atoms with Crippen LogP contribution in [-0.4, -0.2) is 33.9 Å². The van der Waals surface area contributed by atoms with E-state index in [1.54, 1.807) is 28.9 Å². The molecule has 1 amide bonds. The van der Waals surface area contributed by atoms with E-state index in [2.05, 4.69) is 10.4 Å². The van der Waals surface area contributed by atoms with Gasteiger partial charge in [0.15, 0.2) is 0 Å². The lowest BCUT2D eigenvalue weighted by atomic mass is 10.0. The van der Waals surface area contributed by atoms with Crippen LogP contribution in [0.15, 0.2) is 48.7 Å². The Bertz CT molecular complexity index is 1070. The van der Waals surface area contributed by atoms with Crippen molar-refractivity contribution in [2.24, 2.45) is 0 Å². The Morgan fingerprint density at radius 3 is 2.80 bits per heavy atom. The number of aliphatic hydroxyl groups is 1. The fourth-order valence-corrected chi connectivity index (χ4v) is 3.18. The minimum atomic E-state index is -0.153. The molecule has 0 atom stereocenters. The molecule has 2 aromatic carbocycles. The number of nitrogens with one attached hydrogen (secondary N) is 1. The van der Waals surface area contributed by atoms with Gasteiger partial charge in [-0.2, -0.15) is 10.4 Å². The maximum atomic E-state index is 12.2. The number of hydrogen-bond acceptors (Lipinski definition) is 4. The molecule has 0 fully saturated rings. The third-order valence-electron chi connectivity index (χ3n) is 4.54. The number of aliphatic hydroxyl groups excluding tert-OH is 1. The molecule has 156 valence electrons. The normalized spacial score (nSPS) is 10.2. The predicted octanol–water partition coefficient (Wildman–Crippen LogP) is 4.04. The summed E-state index contributed by atoms with van der Waals surface area (Å²) in [7, 11) is 0.